The van der Waals surface area contributed by atoms with E-state index in [-0.39, 0.29) is 36.9 Å². The van der Waals surface area contributed by atoms with Crippen LogP contribution in [-0.4, -0.2) is 62.1 Å². The lowest BCUT2D eigenvalue weighted by Crippen LogP contribution is -2.37. The molecule has 180 valence electrons. The van der Waals surface area contributed by atoms with Gasteiger partial charge in [-0.05, 0) is 63.6 Å². The SMILES string of the molecule is CCOC(=O)CN(CCCCNC(=O)[C@H](C)c1ccc(CC(C)C)cc1)CC(=O)OCC. The van der Waals surface area contributed by atoms with Crippen molar-refractivity contribution in [1.82, 2.24) is 10.2 Å². The van der Waals surface area contributed by atoms with E-state index in [1.54, 1.807) is 18.7 Å². The first-order chi connectivity index (χ1) is 15.3. The highest BCUT2D eigenvalue weighted by molar-refractivity contribution is 5.83. The highest BCUT2D eigenvalue weighted by atomic mass is 16.5. The van der Waals surface area contributed by atoms with E-state index in [0.29, 0.717) is 32.2 Å². The monoisotopic (exact) mass is 448 g/mol. The Balaban J connectivity index is 2.42. The van der Waals surface area contributed by atoms with Crippen LogP contribution in [0.5, 0.6) is 0 Å². The van der Waals surface area contributed by atoms with Crippen molar-refractivity contribution in [3.05, 3.63) is 35.4 Å². The van der Waals surface area contributed by atoms with Crippen LogP contribution in [0, 0.1) is 5.92 Å². The number of hydrogen-bond acceptors (Lipinski definition) is 6. The van der Waals surface area contributed by atoms with E-state index >= 15 is 0 Å². The number of benzene rings is 1. The van der Waals surface area contributed by atoms with E-state index in [1.807, 2.05) is 19.1 Å². The number of unbranched alkanes of at least 4 members (excludes halogenated alkanes) is 1. The summed E-state index contributed by atoms with van der Waals surface area (Å²) in [4.78, 5) is 37.8. The Hall–Kier alpha value is -2.41. The van der Waals surface area contributed by atoms with Crippen molar-refractivity contribution in [1.29, 1.82) is 0 Å². The van der Waals surface area contributed by atoms with Crippen LogP contribution in [0.25, 0.3) is 0 Å². The number of carbonyl (C=O) groups excluding carboxylic acids is 3. The average molecular weight is 449 g/mol. The number of nitrogens with zero attached hydrogens (tertiary/aromatic N) is 1. The van der Waals surface area contributed by atoms with Crippen molar-refractivity contribution in [2.24, 2.45) is 5.92 Å². The second kappa shape index (κ2) is 15.4. The van der Waals surface area contributed by atoms with Gasteiger partial charge in [0.2, 0.25) is 5.91 Å². The lowest BCUT2D eigenvalue weighted by molar-refractivity contribution is -0.148. The van der Waals surface area contributed by atoms with Crippen molar-refractivity contribution in [2.75, 3.05) is 39.4 Å². The van der Waals surface area contributed by atoms with Gasteiger partial charge < -0.3 is 14.8 Å². The number of esters is 2. The quantitative estimate of drug-likeness (QED) is 0.327. The smallest absolute Gasteiger partial charge is 0.320 e. The number of ether oxygens (including phenoxy) is 2. The van der Waals surface area contributed by atoms with Gasteiger partial charge in [-0.25, -0.2) is 0 Å². The Labute approximate surface area is 192 Å². The van der Waals surface area contributed by atoms with Crippen LogP contribution in [0.3, 0.4) is 0 Å². The molecule has 1 aromatic rings. The normalized spacial score (nSPS) is 12.0. The van der Waals surface area contributed by atoms with E-state index in [1.165, 1.54) is 5.56 Å². The van der Waals surface area contributed by atoms with Crippen LogP contribution in [-0.2, 0) is 30.3 Å². The number of hydrogen-bond donors (Lipinski definition) is 1. The first-order valence-corrected chi connectivity index (χ1v) is 11.7. The zero-order chi connectivity index (χ0) is 23.9. The van der Waals surface area contributed by atoms with Crippen LogP contribution >= 0.6 is 0 Å². The molecule has 1 atom stereocenters. The number of nitrogens with one attached hydrogen (secondary N) is 1. The summed E-state index contributed by atoms with van der Waals surface area (Å²) in [5.74, 6) is -0.340. The third kappa shape index (κ3) is 11.3. The fourth-order valence-corrected chi connectivity index (χ4v) is 3.38. The second-order valence-corrected chi connectivity index (χ2v) is 8.38. The average Bonchev–Trinajstić information content (AvgIpc) is 2.73. The minimum atomic E-state index is -0.363. The summed E-state index contributed by atoms with van der Waals surface area (Å²) in [5, 5.41) is 2.98. The van der Waals surface area contributed by atoms with E-state index < -0.39 is 0 Å². The van der Waals surface area contributed by atoms with Crippen LogP contribution in [0.15, 0.2) is 24.3 Å². The van der Waals surface area contributed by atoms with E-state index in [2.05, 4.69) is 31.3 Å². The lowest BCUT2D eigenvalue weighted by Gasteiger charge is -2.20. The van der Waals surface area contributed by atoms with E-state index in [4.69, 9.17) is 9.47 Å². The zero-order valence-electron chi connectivity index (χ0n) is 20.3. The summed E-state index contributed by atoms with van der Waals surface area (Å²) in [6, 6.07) is 8.26. The predicted octanol–water partition coefficient (Wildman–Crippen LogP) is 3.31. The minimum Gasteiger partial charge on any atom is -0.465 e. The van der Waals surface area contributed by atoms with Crippen LogP contribution in [0.2, 0.25) is 0 Å². The summed E-state index contributed by atoms with van der Waals surface area (Å²) in [6.45, 7) is 11.6. The fourth-order valence-electron chi connectivity index (χ4n) is 3.38. The molecule has 0 bridgehead atoms. The second-order valence-electron chi connectivity index (χ2n) is 8.38. The first-order valence-electron chi connectivity index (χ1n) is 11.7. The summed E-state index contributed by atoms with van der Waals surface area (Å²) in [6.07, 6.45) is 2.51. The van der Waals surface area contributed by atoms with Crippen LogP contribution < -0.4 is 5.32 Å². The molecule has 7 heteroatoms. The zero-order valence-corrected chi connectivity index (χ0v) is 20.3. The molecule has 1 amide bonds. The molecule has 0 aliphatic carbocycles. The fraction of sp³-hybridized carbons (Fsp3) is 0.640. The lowest BCUT2D eigenvalue weighted by atomic mass is 9.96. The van der Waals surface area contributed by atoms with Gasteiger partial charge >= 0.3 is 11.9 Å². The standard InChI is InChI=1S/C25H40N2O5/c1-6-31-23(28)17-27(18-24(29)32-7-2)15-9-8-14-26-25(30)20(5)22-12-10-21(11-13-22)16-19(3)4/h10-13,19-20H,6-9,14-18H2,1-5H3,(H,26,30)/t20-/m1/s1. The topological polar surface area (TPSA) is 84.9 Å². The van der Waals surface area contributed by atoms with Gasteiger partial charge in [-0.2, -0.15) is 0 Å². The van der Waals surface area contributed by atoms with Crippen LogP contribution in [0.4, 0.5) is 0 Å². The maximum Gasteiger partial charge on any atom is 0.320 e. The van der Waals surface area contributed by atoms with Crippen molar-refractivity contribution in [3.63, 3.8) is 0 Å². The molecule has 0 aliphatic rings. The molecule has 0 aromatic heterocycles. The van der Waals surface area contributed by atoms with Gasteiger partial charge in [-0.3, -0.25) is 19.3 Å². The predicted molar refractivity (Wildman–Crippen MR) is 125 cm³/mol. The third-order valence-electron chi connectivity index (χ3n) is 5.03. The molecule has 0 saturated heterocycles. The number of amides is 1. The largest absolute Gasteiger partial charge is 0.465 e. The molecule has 0 unspecified atom stereocenters. The Kier molecular flexibility index (Phi) is 13.3. The Morgan fingerprint density at radius 3 is 1.97 bits per heavy atom. The van der Waals surface area contributed by atoms with E-state index in [9.17, 15) is 14.4 Å². The molecule has 1 rings (SSSR count). The van der Waals surface area contributed by atoms with Gasteiger partial charge in [0.1, 0.15) is 0 Å². The number of carbonyl (C=O) groups is 3. The van der Waals surface area contributed by atoms with Crippen LogP contribution in [0.1, 0.15) is 64.5 Å². The highest BCUT2D eigenvalue weighted by Crippen LogP contribution is 2.17. The molecule has 1 aromatic carbocycles. The molecule has 0 spiro atoms. The van der Waals surface area contributed by atoms with Crippen molar-refractivity contribution < 1.29 is 23.9 Å². The van der Waals surface area contributed by atoms with Gasteiger partial charge in [-0.15, -0.1) is 0 Å². The summed E-state index contributed by atoms with van der Waals surface area (Å²) >= 11 is 0. The van der Waals surface area contributed by atoms with Crippen molar-refractivity contribution in [3.8, 4) is 0 Å². The maximum absolute atomic E-state index is 12.5. The summed E-state index contributed by atoms with van der Waals surface area (Å²) < 4.78 is 9.96. The van der Waals surface area contributed by atoms with Gasteiger partial charge in [0.25, 0.3) is 0 Å². The minimum absolute atomic E-state index is 0.00323. The van der Waals surface area contributed by atoms with Gasteiger partial charge in [-0.1, -0.05) is 38.1 Å². The molecule has 1 N–H and O–H groups in total. The molecule has 0 heterocycles. The van der Waals surface area contributed by atoms with Gasteiger partial charge in [0.15, 0.2) is 0 Å². The molecular formula is C25H40N2O5. The molecular weight excluding hydrogens is 408 g/mol. The third-order valence-corrected chi connectivity index (χ3v) is 5.03. The number of rotatable bonds is 15. The summed E-state index contributed by atoms with van der Waals surface area (Å²) in [7, 11) is 0. The van der Waals surface area contributed by atoms with Crippen molar-refractivity contribution in [2.45, 2.75) is 59.8 Å². The Bertz CT molecular complexity index is 683. The van der Waals surface area contributed by atoms with Crippen molar-refractivity contribution >= 4 is 17.8 Å². The molecule has 0 aliphatic heterocycles. The maximum atomic E-state index is 12.5. The molecule has 0 radical (unpaired) electrons. The molecule has 7 nitrogen and oxygen atoms in total. The molecule has 0 saturated carbocycles. The molecule has 32 heavy (non-hydrogen) atoms. The van der Waals surface area contributed by atoms with Gasteiger partial charge in [0, 0.05) is 6.54 Å². The van der Waals surface area contributed by atoms with E-state index in [0.717, 1.165) is 24.8 Å². The first kappa shape index (κ1) is 27.6. The summed E-state index contributed by atoms with van der Waals surface area (Å²) in [5.41, 5.74) is 2.29. The Morgan fingerprint density at radius 1 is 0.906 bits per heavy atom. The highest BCUT2D eigenvalue weighted by Gasteiger charge is 2.17. The molecule has 0 fully saturated rings. The van der Waals surface area contributed by atoms with Gasteiger partial charge in [0.05, 0.1) is 32.2 Å². The Morgan fingerprint density at radius 2 is 1.47 bits per heavy atom.